The average Bonchev–Trinajstić information content (AvgIpc) is 2.78. The molecule has 0 aromatic heterocycles. The van der Waals surface area contributed by atoms with Crippen molar-refractivity contribution < 1.29 is 14.3 Å². The lowest BCUT2D eigenvalue weighted by Crippen LogP contribution is -2.47. The standard InChI is InChI=1S/C23H29N3O3/c1-3-17(2)21(25-22(27)18-7-5-4-6-8-18)23(28)24-19-9-11-20(12-10-19)26-13-15-29-16-14-26/h4-12,17,21H,3,13-16H2,1-2H3,(H,24,28)(H,25,27). The minimum absolute atomic E-state index is 0.00952. The molecule has 0 radical (unpaired) electrons. The molecule has 2 aromatic rings. The molecule has 2 N–H and O–H groups in total. The lowest BCUT2D eigenvalue weighted by atomic mass is 9.97. The van der Waals surface area contributed by atoms with E-state index in [0.29, 0.717) is 11.3 Å². The van der Waals surface area contributed by atoms with Crippen molar-refractivity contribution in [2.24, 2.45) is 5.92 Å². The third-order valence-electron chi connectivity index (χ3n) is 5.33. The number of hydrogen-bond acceptors (Lipinski definition) is 4. The maximum absolute atomic E-state index is 12.9. The molecule has 1 saturated heterocycles. The molecule has 0 spiro atoms. The Hall–Kier alpha value is -2.86. The summed E-state index contributed by atoms with van der Waals surface area (Å²) in [6.07, 6.45) is 0.781. The maximum atomic E-state index is 12.9. The van der Waals surface area contributed by atoms with Crippen LogP contribution in [0, 0.1) is 5.92 Å². The summed E-state index contributed by atoms with van der Waals surface area (Å²) in [5.74, 6) is -0.438. The second kappa shape index (κ2) is 10.1. The van der Waals surface area contributed by atoms with Crippen molar-refractivity contribution in [1.82, 2.24) is 5.32 Å². The largest absolute Gasteiger partial charge is 0.378 e. The van der Waals surface area contributed by atoms with Gasteiger partial charge in [0, 0.05) is 30.0 Å². The van der Waals surface area contributed by atoms with Crippen molar-refractivity contribution in [3.63, 3.8) is 0 Å². The van der Waals surface area contributed by atoms with Gasteiger partial charge in [-0.2, -0.15) is 0 Å². The Morgan fingerprint density at radius 3 is 2.31 bits per heavy atom. The molecular formula is C23H29N3O3. The minimum atomic E-state index is -0.605. The first-order valence-corrected chi connectivity index (χ1v) is 10.2. The highest BCUT2D eigenvalue weighted by molar-refractivity contribution is 6.01. The number of morpholine rings is 1. The lowest BCUT2D eigenvalue weighted by molar-refractivity contribution is -0.119. The molecule has 2 amide bonds. The van der Waals surface area contributed by atoms with Gasteiger partial charge in [-0.05, 0) is 42.3 Å². The van der Waals surface area contributed by atoms with Crippen molar-refractivity contribution >= 4 is 23.2 Å². The quantitative estimate of drug-likeness (QED) is 0.755. The summed E-state index contributed by atoms with van der Waals surface area (Å²) < 4.78 is 5.39. The fourth-order valence-corrected chi connectivity index (χ4v) is 3.31. The third-order valence-corrected chi connectivity index (χ3v) is 5.33. The Bertz CT molecular complexity index is 802. The van der Waals surface area contributed by atoms with Gasteiger partial charge in [-0.15, -0.1) is 0 Å². The topological polar surface area (TPSA) is 70.7 Å². The number of nitrogens with zero attached hydrogens (tertiary/aromatic N) is 1. The van der Waals surface area contributed by atoms with Crippen molar-refractivity contribution in [3.05, 3.63) is 60.2 Å². The van der Waals surface area contributed by atoms with Crippen LogP contribution in [0.15, 0.2) is 54.6 Å². The first kappa shape index (κ1) is 20.9. The van der Waals surface area contributed by atoms with Crippen LogP contribution in [-0.4, -0.2) is 44.2 Å². The molecule has 0 saturated carbocycles. The van der Waals surface area contributed by atoms with E-state index in [4.69, 9.17) is 4.74 Å². The van der Waals surface area contributed by atoms with Crippen molar-refractivity contribution in [3.8, 4) is 0 Å². The summed E-state index contributed by atoms with van der Waals surface area (Å²) in [5, 5.41) is 5.84. The van der Waals surface area contributed by atoms with Crippen LogP contribution in [0.4, 0.5) is 11.4 Å². The number of ether oxygens (including phenoxy) is 1. The molecular weight excluding hydrogens is 366 g/mol. The maximum Gasteiger partial charge on any atom is 0.251 e. The smallest absolute Gasteiger partial charge is 0.251 e. The van der Waals surface area contributed by atoms with Crippen molar-refractivity contribution in [1.29, 1.82) is 0 Å². The van der Waals surface area contributed by atoms with E-state index in [2.05, 4.69) is 15.5 Å². The van der Waals surface area contributed by atoms with Gasteiger partial charge in [0.25, 0.3) is 5.91 Å². The van der Waals surface area contributed by atoms with Gasteiger partial charge in [0.2, 0.25) is 5.91 Å². The Morgan fingerprint density at radius 2 is 1.69 bits per heavy atom. The number of carbonyl (C=O) groups excluding carboxylic acids is 2. The zero-order valence-electron chi connectivity index (χ0n) is 17.1. The summed E-state index contributed by atoms with van der Waals surface area (Å²) in [7, 11) is 0. The molecule has 0 bridgehead atoms. The fraction of sp³-hybridized carbons (Fsp3) is 0.391. The van der Waals surface area contributed by atoms with E-state index in [1.807, 2.05) is 56.3 Å². The van der Waals surface area contributed by atoms with Gasteiger partial charge in [0.05, 0.1) is 13.2 Å². The van der Waals surface area contributed by atoms with Gasteiger partial charge in [-0.3, -0.25) is 9.59 Å². The van der Waals surface area contributed by atoms with Gasteiger partial charge in [0.1, 0.15) is 6.04 Å². The zero-order chi connectivity index (χ0) is 20.6. The number of hydrogen-bond donors (Lipinski definition) is 2. The SMILES string of the molecule is CCC(C)C(NC(=O)c1ccccc1)C(=O)Nc1ccc(N2CCOCC2)cc1. The minimum Gasteiger partial charge on any atom is -0.378 e. The number of rotatable bonds is 7. The first-order valence-electron chi connectivity index (χ1n) is 10.2. The molecule has 154 valence electrons. The van der Waals surface area contributed by atoms with Crippen LogP contribution in [0.3, 0.4) is 0 Å². The Labute approximate surface area is 172 Å². The van der Waals surface area contributed by atoms with E-state index in [9.17, 15) is 9.59 Å². The van der Waals surface area contributed by atoms with Gasteiger partial charge >= 0.3 is 0 Å². The summed E-state index contributed by atoms with van der Waals surface area (Å²) >= 11 is 0. The molecule has 29 heavy (non-hydrogen) atoms. The lowest BCUT2D eigenvalue weighted by Gasteiger charge is -2.29. The summed E-state index contributed by atoms with van der Waals surface area (Å²) in [4.78, 5) is 27.7. The van der Waals surface area contributed by atoms with Crippen LogP contribution in [0.2, 0.25) is 0 Å². The molecule has 6 heteroatoms. The normalized spacial score (nSPS) is 16.0. The van der Waals surface area contributed by atoms with E-state index in [1.165, 1.54) is 0 Å². The van der Waals surface area contributed by atoms with E-state index in [-0.39, 0.29) is 17.7 Å². The zero-order valence-corrected chi connectivity index (χ0v) is 17.1. The van der Waals surface area contributed by atoms with Crippen molar-refractivity contribution in [2.75, 3.05) is 36.5 Å². The Balaban J connectivity index is 1.65. The second-order valence-corrected chi connectivity index (χ2v) is 7.34. The predicted octanol–water partition coefficient (Wildman–Crippen LogP) is 3.31. The number of anilines is 2. The molecule has 2 aromatic carbocycles. The molecule has 3 rings (SSSR count). The van der Waals surface area contributed by atoms with E-state index >= 15 is 0 Å². The average molecular weight is 396 g/mol. The van der Waals surface area contributed by atoms with Crippen LogP contribution in [-0.2, 0) is 9.53 Å². The number of benzene rings is 2. The van der Waals surface area contributed by atoms with Crippen LogP contribution in [0.1, 0.15) is 30.6 Å². The van der Waals surface area contributed by atoms with E-state index < -0.39 is 6.04 Å². The van der Waals surface area contributed by atoms with Gasteiger partial charge < -0.3 is 20.3 Å². The number of carbonyl (C=O) groups is 2. The molecule has 1 aliphatic rings. The molecule has 1 heterocycles. The number of nitrogens with one attached hydrogen (secondary N) is 2. The molecule has 2 atom stereocenters. The van der Waals surface area contributed by atoms with Crippen LogP contribution in [0.5, 0.6) is 0 Å². The van der Waals surface area contributed by atoms with E-state index in [0.717, 1.165) is 38.4 Å². The predicted molar refractivity (Wildman–Crippen MR) is 115 cm³/mol. The van der Waals surface area contributed by atoms with E-state index in [1.54, 1.807) is 12.1 Å². The summed E-state index contributed by atoms with van der Waals surface area (Å²) in [6, 6.07) is 16.2. The first-order chi connectivity index (χ1) is 14.1. The van der Waals surface area contributed by atoms with Crippen LogP contribution >= 0.6 is 0 Å². The summed E-state index contributed by atoms with van der Waals surface area (Å²) in [5.41, 5.74) is 2.37. The Morgan fingerprint density at radius 1 is 1.03 bits per heavy atom. The van der Waals surface area contributed by atoms with Crippen LogP contribution in [0.25, 0.3) is 0 Å². The number of amides is 2. The third kappa shape index (κ3) is 5.57. The molecule has 6 nitrogen and oxygen atoms in total. The highest BCUT2D eigenvalue weighted by atomic mass is 16.5. The highest BCUT2D eigenvalue weighted by Gasteiger charge is 2.26. The summed E-state index contributed by atoms with van der Waals surface area (Å²) in [6.45, 7) is 7.18. The van der Waals surface area contributed by atoms with Gasteiger partial charge in [-0.25, -0.2) is 0 Å². The molecule has 2 unspecified atom stereocenters. The molecule has 0 aliphatic carbocycles. The Kier molecular flexibility index (Phi) is 7.25. The van der Waals surface area contributed by atoms with Gasteiger partial charge in [0.15, 0.2) is 0 Å². The molecule has 1 fully saturated rings. The van der Waals surface area contributed by atoms with Crippen LogP contribution < -0.4 is 15.5 Å². The highest BCUT2D eigenvalue weighted by Crippen LogP contribution is 2.20. The second-order valence-electron chi connectivity index (χ2n) is 7.34. The molecule has 1 aliphatic heterocycles. The monoisotopic (exact) mass is 395 g/mol. The van der Waals surface area contributed by atoms with Crippen molar-refractivity contribution in [2.45, 2.75) is 26.3 Å². The van der Waals surface area contributed by atoms with Gasteiger partial charge in [-0.1, -0.05) is 38.5 Å². The fourth-order valence-electron chi connectivity index (χ4n) is 3.31.